The van der Waals surface area contributed by atoms with E-state index in [1.165, 1.54) is 0 Å². The molecule has 15 nitrogen and oxygen atoms in total. The van der Waals surface area contributed by atoms with E-state index in [9.17, 15) is 29.7 Å². The number of likely N-dealkylation sites (N-methyl/N-ethyl adjacent to an activating group) is 2. The number of hydrogen-bond acceptors (Lipinski definition) is 12. The molecule has 41 heavy (non-hydrogen) atoms. The van der Waals surface area contributed by atoms with Gasteiger partial charge in [-0.3, -0.25) is 29.1 Å². The van der Waals surface area contributed by atoms with Crippen molar-refractivity contribution in [1.29, 1.82) is 0 Å². The molecule has 2 amide bonds. The third kappa shape index (κ3) is 15.7. The van der Waals surface area contributed by atoms with Crippen LogP contribution in [0.4, 0.5) is 0 Å². The first-order valence-corrected chi connectivity index (χ1v) is 14.2. The lowest BCUT2D eigenvalue weighted by Crippen LogP contribution is -2.58. The average Bonchev–Trinajstić information content (AvgIpc) is 2.95. The minimum Gasteiger partial charge on any atom is -0.480 e. The minimum atomic E-state index is -1.09. The van der Waals surface area contributed by atoms with Gasteiger partial charge < -0.3 is 45.6 Å². The zero-order valence-electron chi connectivity index (χ0n) is 25.0. The number of ether oxygens (including phenoxy) is 2. The first-order valence-electron chi connectivity index (χ1n) is 14.2. The number of nitrogens with zero attached hydrogens (tertiary/aromatic N) is 3. The highest BCUT2D eigenvalue weighted by molar-refractivity contribution is 5.81. The van der Waals surface area contributed by atoms with E-state index in [4.69, 9.17) is 19.7 Å². The summed E-state index contributed by atoms with van der Waals surface area (Å²) in [6, 6.07) is -2.43. The fraction of sp³-hybridized carbons (Fsp3) is 0.885. The summed E-state index contributed by atoms with van der Waals surface area (Å²) in [4.78, 5) is 42.3. The van der Waals surface area contributed by atoms with Gasteiger partial charge in [0.25, 0.3) is 0 Å². The Kier molecular flexibility index (Phi) is 22.5. The second kappa shape index (κ2) is 23.6. The molecule has 0 saturated carbocycles. The van der Waals surface area contributed by atoms with Gasteiger partial charge in [0.05, 0.1) is 71.5 Å². The van der Waals surface area contributed by atoms with Crippen molar-refractivity contribution in [2.45, 2.75) is 51.9 Å². The van der Waals surface area contributed by atoms with Crippen molar-refractivity contribution in [1.82, 2.24) is 25.3 Å². The van der Waals surface area contributed by atoms with E-state index in [-0.39, 0.29) is 97.4 Å². The molecule has 0 aromatic rings. The Morgan fingerprint density at radius 3 is 1.39 bits per heavy atom. The zero-order chi connectivity index (χ0) is 31.2. The number of hydrogen-bond donors (Lipinski definition) is 7. The van der Waals surface area contributed by atoms with Gasteiger partial charge in [-0.05, 0) is 26.9 Å². The van der Waals surface area contributed by atoms with Crippen LogP contribution in [0.15, 0.2) is 0 Å². The van der Waals surface area contributed by atoms with Crippen molar-refractivity contribution in [3.63, 3.8) is 0 Å². The van der Waals surface area contributed by atoms with Gasteiger partial charge in [-0.25, -0.2) is 0 Å². The number of aliphatic carboxylic acids is 1. The zero-order valence-corrected chi connectivity index (χ0v) is 25.0. The number of carboxylic acid groups (broad SMARTS) is 1. The lowest BCUT2D eigenvalue weighted by molar-refractivity contribution is -0.139. The first kappa shape index (κ1) is 39.0. The van der Waals surface area contributed by atoms with Crippen LogP contribution < -0.4 is 10.6 Å². The van der Waals surface area contributed by atoms with Crippen LogP contribution in [-0.4, -0.2) is 181 Å². The normalized spacial score (nSPS) is 14.7. The maximum Gasteiger partial charge on any atom is 0.317 e. The quantitative estimate of drug-likeness (QED) is 0.0492. The molecule has 0 saturated heterocycles. The Morgan fingerprint density at radius 1 is 0.707 bits per heavy atom. The van der Waals surface area contributed by atoms with Gasteiger partial charge in [0, 0.05) is 38.3 Å². The fourth-order valence-electron chi connectivity index (χ4n) is 4.65. The van der Waals surface area contributed by atoms with Crippen LogP contribution in [-0.2, 0) is 23.9 Å². The molecule has 4 atom stereocenters. The summed E-state index contributed by atoms with van der Waals surface area (Å²) in [5, 5.41) is 53.1. The summed E-state index contributed by atoms with van der Waals surface area (Å²) in [7, 11) is 0. The third-order valence-electron chi connectivity index (χ3n) is 6.70. The molecular weight excluding hydrogens is 542 g/mol. The highest BCUT2D eigenvalue weighted by Crippen LogP contribution is 2.12. The Labute approximate surface area is 243 Å². The summed E-state index contributed by atoms with van der Waals surface area (Å²) in [6.07, 6.45) is 0. The molecule has 242 valence electrons. The minimum absolute atomic E-state index is 0.102. The van der Waals surface area contributed by atoms with E-state index in [1.54, 1.807) is 28.5 Å². The van der Waals surface area contributed by atoms with E-state index in [1.807, 2.05) is 13.8 Å². The van der Waals surface area contributed by atoms with Gasteiger partial charge in [-0.1, -0.05) is 13.8 Å². The van der Waals surface area contributed by atoms with E-state index in [0.717, 1.165) is 0 Å². The smallest absolute Gasteiger partial charge is 0.317 e. The summed E-state index contributed by atoms with van der Waals surface area (Å²) < 4.78 is 10.3. The number of aliphatic hydroxyl groups excluding tert-OH is 4. The number of carbonyl (C=O) groups excluding carboxylic acids is 2. The molecule has 4 unspecified atom stereocenters. The Morgan fingerprint density at radius 2 is 1.10 bits per heavy atom. The van der Waals surface area contributed by atoms with Crippen molar-refractivity contribution in [2.75, 3.05) is 98.7 Å². The van der Waals surface area contributed by atoms with E-state index < -0.39 is 30.1 Å². The molecule has 0 aromatic heterocycles. The second-order valence-electron chi connectivity index (χ2n) is 9.53. The van der Waals surface area contributed by atoms with Crippen molar-refractivity contribution >= 4 is 17.8 Å². The second-order valence-corrected chi connectivity index (χ2v) is 9.53. The largest absolute Gasteiger partial charge is 0.480 e. The number of rotatable bonds is 26. The third-order valence-corrected chi connectivity index (χ3v) is 6.70. The Bertz CT molecular complexity index is 670. The lowest BCUT2D eigenvalue weighted by atomic mass is 10.1. The SMILES string of the molecule is CCN(C(CO)CN(CC(=O)O)CC(CO)N(CC)C(C)C(=O)NCCOCCO)C(C)C(=O)NCCOCCO. The number of amides is 2. The summed E-state index contributed by atoms with van der Waals surface area (Å²) >= 11 is 0. The summed E-state index contributed by atoms with van der Waals surface area (Å²) in [5.74, 6) is -1.66. The van der Waals surface area contributed by atoms with Gasteiger partial charge in [0.1, 0.15) is 0 Å². The van der Waals surface area contributed by atoms with Crippen LogP contribution in [0.3, 0.4) is 0 Å². The molecule has 15 heteroatoms. The predicted molar refractivity (Wildman–Crippen MR) is 151 cm³/mol. The molecule has 0 fully saturated rings. The molecule has 7 N–H and O–H groups in total. The van der Waals surface area contributed by atoms with Gasteiger partial charge in [0.15, 0.2) is 0 Å². The van der Waals surface area contributed by atoms with Crippen molar-refractivity contribution in [3.8, 4) is 0 Å². The van der Waals surface area contributed by atoms with Crippen molar-refractivity contribution in [3.05, 3.63) is 0 Å². The monoisotopic (exact) mass is 595 g/mol. The number of nitrogens with one attached hydrogen (secondary N) is 2. The van der Waals surface area contributed by atoms with Crippen LogP contribution in [0.1, 0.15) is 27.7 Å². The standard InChI is InChI=1S/C26H53N5O10/c1-5-30(20(3)25(38)27-7-11-40-13-9-32)22(18-34)15-29(17-24(36)37)16-23(19-35)31(6-2)21(4)26(39)28-8-12-41-14-10-33/h20-23,32-35H,5-19H2,1-4H3,(H,27,38)(H,28,39)(H,36,37). The Hall–Kier alpha value is -1.95. The number of carbonyl (C=O) groups is 3. The van der Waals surface area contributed by atoms with Crippen molar-refractivity contribution in [2.24, 2.45) is 0 Å². The molecule has 0 heterocycles. The maximum absolute atomic E-state index is 12.7. The molecule has 0 aliphatic rings. The summed E-state index contributed by atoms with van der Waals surface area (Å²) in [6.45, 7) is 8.16. The van der Waals surface area contributed by atoms with Crippen LogP contribution in [0.5, 0.6) is 0 Å². The van der Waals surface area contributed by atoms with Gasteiger partial charge >= 0.3 is 5.97 Å². The van der Waals surface area contributed by atoms with Gasteiger partial charge in [-0.15, -0.1) is 0 Å². The highest BCUT2D eigenvalue weighted by atomic mass is 16.5. The van der Waals surface area contributed by atoms with Crippen LogP contribution >= 0.6 is 0 Å². The molecule has 0 radical (unpaired) electrons. The first-order chi connectivity index (χ1) is 19.6. The van der Waals surface area contributed by atoms with Gasteiger partial charge in [0.2, 0.25) is 11.8 Å². The van der Waals surface area contributed by atoms with Crippen LogP contribution in [0, 0.1) is 0 Å². The van der Waals surface area contributed by atoms with Crippen molar-refractivity contribution < 1.29 is 49.4 Å². The van der Waals surface area contributed by atoms with Gasteiger partial charge in [-0.2, -0.15) is 0 Å². The number of carboxylic acids is 1. The molecule has 0 aliphatic heterocycles. The molecule has 0 aliphatic carbocycles. The van der Waals surface area contributed by atoms with E-state index in [2.05, 4.69) is 10.6 Å². The average molecular weight is 596 g/mol. The Balaban J connectivity index is 5.46. The molecule has 0 bridgehead atoms. The molecular formula is C26H53N5O10. The van der Waals surface area contributed by atoms with Crippen LogP contribution in [0.2, 0.25) is 0 Å². The maximum atomic E-state index is 12.7. The topological polar surface area (TPSA) is 205 Å². The lowest BCUT2D eigenvalue weighted by Gasteiger charge is -2.40. The van der Waals surface area contributed by atoms with Crippen LogP contribution in [0.25, 0.3) is 0 Å². The molecule has 0 rings (SSSR count). The predicted octanol–water partition coefficient (Wildman–Crippen LogP) is -3.23. The molecule has 0 spiro atoms. The fourth-order valence-corrected chi connectivity index (χ4v) is 4.65. The van der Waals surface area contributed by atoms with E-state index in [0.29, 0.717) is 13.1 Å². The molecule has 0 aromatic carbocycles. The van der Waals surface area contributed by atoms with E-state index >= 15 is 0 Å². The number of aliphatic hydroxyl groups is 4. The highest BCUT2D eigenvalue weighted by Gasteiger charge is 2.32. The summed E-state index contributed by atoms with van der Waals surface area (Å²) in [5.41, 5.74) is 0.